The van der Waals surface area contributed by atoms with Crippen molar-refractivity contribution in [2.45, 2.75) is 44.7 Å². The van der Waals surface area contributed by atoms with E-state index in [1.807, 2.05) is 43.3 Å². The van der Waals surface area contributed by atoms with E-state index in [0.717, 1.165) is 0 Å². The Morgan fingerprint density at radius 3 is 1.83 bits per heavy atom. The van der Waals surface area contributed by atoms with Crippen molar-refractivity contribution in [1.29, 1.82) is 0 Å². The molecule has 0 aliphatic heterocycles. The Balaban J connectivity index is 0.00000288. The van der Waals surface area contributed by atoms with E-state index in [2.05, 4.69) is 36.5 Å². The zero-order chi connectivity index (χ0) is 16.7. The smallest absolute Gasteiger partial charge is 0.220 e. The number of rotatable bonds is 7. The van der Waals surface area contributed by atoms with E-state index < -0.39 is 0 Å². The molecule has 0 radical (unpaired) electrons. The number of carbonyl (C=O) groups excluding carboxylic acids is 1. The van der Waals surface area contributed by atoms with E-state index in [-0.39, 0.29) is 36.3 Å². The minimum Gasteiger partial charge on any atom is -0.353 e. The molecule has 0 spiro atoms. The molecule has 2 unspecified atom stereocenters. The molecule has 2 rings (SSSR count). The predicted octanol–water partition coefficient (Wildman–Crippen LogP) is 3.87. The SMILES string of the molecule is CC(N)CCC(=O)NC(C)C(c1ccccc1)c1ccccc1.Cl. The van der Waals surface area contributed by atoms with Gasteiger partial charge in [0.25, 0.3) is 0 Å². The van der Waals surface area contributed by atoms with Crippen molar-refractivity contribution >= 4 is 18.3 Å². The van der Waals surface area contributed by atoms with Gasteiger partial charge in [-0.1, -0.05) is 60.7 Å². The summed E-state index contributed by atoms with van der Waals surface area (Å²) < 4.78 is 0. The van der Waals surface area contributed by atoms with Gasteiger partial charge in [0, 0.05) is 24.4 Å². The first-order valence-corrected chi connectivity index (χ1v) is 8.22. The lowest BCUT2D eigenvalue weighted by molar-refractivity contribution is -0.121. The predicted molar refractivity (Wildman–Crippen MR) is 102 cm³/mol. The summed E-state index contributed by atoms with van der Waals surface area (Å²) in [7, 11) is 0. The van der Waals surface area contributed by atoms with E-state index in [1.165, 1.54) is 11.1 Å². The van der Waals surface area contributed by atoms with Gasteiger partial charge in [-0.05, 0) is 31.4 Å². The summed E-state index contributed by atoms with van der Waals surface area (Å²) in [6.07, 6.45) is 1.18. The van der Waals surface area contributed by atoms with Crippen molar-refractivity contribution in [2.24, 2.45) is 5.73 Å². The summed E-state index contributed by atoms with van der Waals surface area (Å²) in [5.74, 6) is 0.198. The van der Waals surface area contributed by atoms with Crippen LogP contribution in [-0.4, -0.2) is 18.0 Å². The van der Waals surface area contributed by atoms with Crippen LogP contribution in [0.4, 0.5) is 0 Å². The van der Waals surface area contributed by atoms with Crippen molar-refractivity contribution < 1.29 is 4.79 Å². The van der Waals surface area contributed by atoms with Crippen LogP contribution in [0.25, 0.3) is 0 Å². The molecule has 0 bridgehead atoms. The summed E-state index contributed by atoms with van der Waals surface area (Å²) in [4.78, 5) is 12.2. The second-order valence-electron chi connectivity index (χ2n) is 6.17. The van der Waals surface area contributed by atoms with Crippen molar-refractivity contribution in [2.75, 3.05) is 0 Å². The maximum atomic E-state index is 12.2. The lowest BCUT2D eigenvalue weighted by Gasteiger charge is -2.26. The van der Waals surface area contributed by atoms with Crippen molar-refractivity contribution in [3.05, 3.63) is 71.8 Å². The normalized spacial score (nSPS) is 13.0. The Bertz CT molecular complexity index is 562. The highest BCUT2D eigenvalue weighted by atomic mass is 35.5. The van der Waals surface area contributed by atoms with Crippen molar-refractivity contribution in [3.8, 4) is 0 Å². The van der Waals surface area contributed by atoms with Crippen LogP contribution in [-0.2, 0) is 4.79 Å². The molecule has 3 nitrogen and oxygen atoms in total. The average Bonchev–Trinajstić information content (AvgIpc) is 2.55. The topological polar surface area (TPSA) is 55.1 Å². The van der Waals surface area contributed by atoms with Gasteiger partial charge >= 0.3 is 0 Å². The Hall–Kier alpha value is -1.84. The summed E-state index contributed by atoms with van der Waals surface area (Å²) in [6, 6.07) is 20.7. The number of hydrogen-bond acceptors (Lipinski definition) is 2. The maximum absolute atomic E-state index is 12.2. The Kier molecular flexibility index (Phi) is 8.51. The number of benzene rings is 2. The highest BCUT2D eigenvalue weighted by molar-refractivity contribution is 5.85. The van der Waals surface area contributed by atoms with E-state index in [1.54, 1.807) is 0 Å². The quantitative estimate of drug-likeness (QED) is 0.799. The zero-order valence-corrected chi connectivity index (χ0v) is 15.1. The highest BCUT2D eigenvalue weighted by Crippen LogP contribution is 2.28. The molecular formula is C20H27ClN2O. The molecule has 0 saturated carbocycles. The molecule has 2 aromatic carbocycles. The Morgan fingerprint density at radius 2 is 1.42 bits per heavy atom. The first kappa shape index (κ1) is 20.2. The van der Waals surface area contributed by atoms with Crippen LogP contribution in [0, 0.1) is 0 Å². The summed E-state index contributed by atoms with van der Waals surface area (Å²) in [5, 5.41) is 3.14. The Labute approximate surface area is 151 Å². The van der Waals surface area contributed by atoms with Crippen LogP contribution < -0.4 is 11.1 Å². The van der Waals surface area contributed by atoms with Gasteiger partial charge in [-0.15, -0.1) is 12.4 Å². The number of nitrogens with one attached hydrogen (secondary N) is 1. The molecule has 2 aromatic rings. The first-order chi connectivity index (χ1) is 11.1. The lowest BCUT2D eigenvalue weighted by Crippen LogP contribution is -2.38. The fraction of sp³-hybridized carbons (Fsp3) is 0.350. The number of carbonyl (C=O) groups is 1. The van der Waals surface area contributed by atoms with Gasteiger partial charge in [0.05, 0.1) is 0 Å². The molecule has 1 amide bonds. The largest absolute Gasteiger partial charge is 0.353 e. The van der Waals surface area contributed by atoms with Gasteiger partial charge in [-0.25, -0.2) is 0 Å². The molecule has 4 heteroatoms. The van der Waals surface area contributed by atoms with E-state index in [0.29, 0.717) is 12.8 Å². The molecule has 0 fully saturated rings. The molecule has 2 atom stereocenters. The van der Waals surface area contributed by atoms with Crippen LogP contribution >= 0.6 is 12.4 Å². The van der Waals surface area contributed by atoms with E-state index in [9.17, 15) is 4.79 Å². The van der Waals surface area contributed by atoms with Crippen LogP contribution in [0.15, 0.2) is 60.7 Å². The zero-order valence-electron chi connectivity index (χ0n) is 14.3. The first-order valence-electron chi connectivity index (χ1n) is 8.22. The van der Waals surface area contributed by atoms with Crippen LogP contribution in [0.5, 0.6) is 0 Å². The molecule has 0 saturated heterocycles. The number of hydrogen-bond donors (Lipinski definition) is 2. The number of halogens is 1. The summed E-state index contributed by atoms with van der Waals surface area (Å²) in [5.41, 5.74) is 8.15. The van der Waals surface area contributed by atoms with Gasteiger partial charge in [0.15, 0.2) is 0 Å². The average molecular weight is 347 g/mol. The standard InChI is InChI=1S/C20H26N2O.ClH/c1-15(21)13-14-19(23)22-16(2)20(17-9-5-3-6-10-17)18-11-7-4-8-12-18;/h3-12,15-16,20H,13-14,21H2,1-2H3,(H,22,23);1H. The van der Waals surface area contributed by atoms with E-state index >= 15 is 0 Å². The second kappa shape index (κ2) is 10.1. The van der Waals surface area contributed by atoms with Gasteiger partial charge in [0.2, 0.25) is 5.91 Å². The van der Waals surface area contributed by atoms with Crippen molar-refractivity contribution in [3.63, 3.8) is 0 Å². The van der Waals surface area contributed by atoms with Crippen molar-refractivity contribution in [1.82, 2.24) is 5.32 Å². The summed E-state index contributed by atoms with van der Waals surface area (Å²) >= 11 is 0. The van der Waals surface area contributed by atoms with Gasteiger partial charge < -0.3 is 11.1 Å². The number of amides is 1. The summed E-state index contributed by atoms with van der Waals surface area (Å²) in [6.45, 7) is 3.99. The lowest BCUT2D eigenvalue weighted by atomic mass is 9.85. The number of nitrogens with two attached hydrogens (primary N) is 1. The van der Waals surface area contributed by atoms with Crippen LogP contribution in [0.3, 0.4) is 0 Å². The molecule has 3 N–H and O–H groups in total. The third-order valence-corrected chi connectivity index (χ3v) is 4.03. The third-order valence-electron chi connectivity index (χ3n) is 4.03. The molecule has 0 aromatic heterocycles. The molecular weight excluding hydrogens is 320 g/mol. The third kappa shape index (κ3) is 5.99. The second-order valence-corrected chi connectivity index (χ2v) is 6.17. The molecule has 0 aliphatic carbocycles. The van der Waals surface area contributed by atoms with Gasteiger partial charge in [-0.2, -0.15) is 0 Å². The van der Waals surface area contributed by atoms with Gasteiger partial charge in [-0.3, -0.25) is 4.79 Å². The molecule has 0 aliphatic rings. The molecule has 130 valence electrons. The maximum Gasteiger partial charge on any atom is 0.220 e. The fourth-order valence-electron chi connectivity index (χ4n) is 2.86. The molecule has 0 heterocycles. The monoisotopic (exact) mass is 346 g/mol. The van der Waals surface area contributed by atoms with Crippen LogP contribution in [0.1, 0.15) is 43.7 Å². The Morgan fingerprint density at radius 1 is 0.958 bits per heavy atom. The minimum absolute atomic E-state index is 0. The van der Waals surface area contributed by atoms with Gasteiger partial charge in [0.1, 0.15) is 0 Å². The molecule has 24 heavy (non-hydrogen) atoms. The minimum atomic E-state index is 0. The fourth-order valence-corrected chi connectivity index (χ4v) is 2.86. The van der Waals surface area contributed by atoms with E-state index in [4.69, 9.17) is 5.73 Å². The van der Waals surface area contributed by atoms with Crippen LogP contribution in [0.2, 0.25) is 0 Å². The highest BCUT2D eigenvalue weighted by Gasteiger charge is 2.22.